The Labute approximate surface area is 102 Å². The molecule has 2 rings (SSSR count). The largest absolute Gasteiger partial charge is 0.493 e. The van der Waals surface area contributed by atoms with E-state index in [-0.39, 0.29) is 5.78 Å². The summed E-state index contributed by atoms with van der Waals surface area (Å²) in [5, 5.41) is 0. The fourth-order valence-corrected chi connectivity index (χ4v) is 2.09. The van der Waals surface area contributed by atoms with Crippen LogP contribution in [0.1, 0.15) is 37.0 Å². The highest BCUT2D eigenvalue weighted by atomic mass is 16.5. The Hall–Kier alpha value is -1.35. The van der Waals surface area contributed by atoms with Crippen molar-refractivity contribution in [2.24, 2.45) is 11.7 Å². The first-order valence-electron chi connectivity index (χ1n) is 6.13. The van der Waals surface area contributed by atoms with E-state index in [0.717, 1.165) is 12.8 Å². The van der Waals surface area contributed by atoms with Gasteiger partial charge in [0.1, 0.15) is 5.75 Å². The van der Waals surface area contributed by atoms with Crippen molar-refractivity contribution in [3.8, 4) is 5.75 Å². The maximum absolute atomic E-state index is 12.4. The molecule has 1 aromatic rings. The summed E-state index contributed by atoms with van der Waals surface area (Å²) in [5.41, 5.74) is 6.00. The molecule has 92 valence electrons. The van der Waals surface area contributed by atoms with Crippen LogP contribution in [0.2, 0.25) is 0 Å². The third-order valence-corrected chi connectivity index (χ3v) is 3.35. The number of ketones is 1. The summed E-state index contributed by atoms with van der Waals surface area (Å²) in [6, 6.07) is 7.33. The van der Waals surface area contributed by atoms with Crippen molar-refractivity contribution in [2.75, 3.05) is 6.61 Å². The van der Waals surface area contributed by atoms with Crippen LogP contribution in [0, 0.1) is 5.92 Å². The highest BCUT2D eigenvalue weighted by molar-refractivity contribution is 6.05. The molecule has 0 amide bonds. The van der Waals surface area contributed by atoms with E-state index in [2.05, 4.69) is 0 Å². The van der Waals surface area contributed by atoms with Crippen LogP contribution in [0.15, 0.2) is 24.3 Å². The highest BCUT2D eigenvalue weighted by Gasteiger charge is 2.44. The van der Waals surface area contributed by atoms with Gasteiger partial charge in [-0.1, -0.05) is 12.1 Å². The van der Waals surface area contributed by atoms with E-state index in [1.54, 1.807) is 6.07 Å². The van der Waals surface area contributed by atoms with E-state index < -0.39 is 5.54 Å². The molecule has 0 saturated heterocycles. The number of para-hydroxylation sites is 1. The van der Waals surface area contributed by atoms with Gasteiger partial charge in [0.25, 0.3) is 0 Å². The molecule has 1 aliphatic carbocycles. The van der Waals surface area contributed by atoms with Crippen LogP contribution in [0.4, 0.5) is 0 Å². The van der Waals surface area contributed by atoms with Gasteiger partial charge in [-0.15, -0.1) is 0 Å². The number of hydrogen-bond donors (Lipinski definition) is 1. The fraction of sp³-hybridized carbons (Fsp3) is 0.500. The number of benzene rings is 1. The summed E-state index contributed by atoms with van der Waals surface area (Å²) in [4.78, 5) is 12.4. The Balaban J connectivity index is 2.29. The second-order valence-electron chi connectivity index (χ2n) is 4.82. The Morgan fingerprint density at radius 2 is 2.12 bits per heavy atom. The van der Waals surface area contributed by atoms with Crippen LogP contribution in [0.3, 0.4) is 0 Å². The fourth-order valence-electron chi connectivity index (χ4n) is 2.09. The topological polar surface area (TPSA) is 52.3 Å². The molecule has 1 atom stereocenters. The lowest BCUT2D eigenvalue weighted by molar-refractivity contribution is 0.0879. The molecule has 3 heteroatoms. The van der Waals surface area contributed by atoms with Gasteiger partial charge >= 0.3 is 0 Å². The Morgan fingerprint density at radius 3 is 2.71 bits per heavy atom. The number of ether oxygens (including phenoxy) is 1. The van der Waals surface area contributed by atoms with E-state index in [1.165, 1.54) is 0 Å². The van der Waals surface area contributed by atoms with Crippen LogP contribution in [0.25, 0.3) is 0 Å². The number of Topliss-reactive ketones (excluding diaryl/α,β-unsaturated/α-hetero) is 1. The average molecular weight is 233 g/mol. The highest BCUT2D eigenvalue weighted by Crippen LogP contribution is 2.40. The molecule has 3 nitrogen and oxygen atoms in total. The molecule has 0 radical (unpaired) electrons. The molecule has 1 aliphatic rings. The Kier molecular flexibility index (Phi) is 3.20. The summed E-state index contributed by atoms with van der Waals surface area (Å²) < 4.78 is 5.48. The zero-order valence-corrected chi connectivity index (χ0v) is 10.4. The molecule has 1 aromatic carbocycles. The van der Waals surface area contributed by atoms with Crippen molar-refractivity contribution in [3.05, 3.63) is 29.8 Å². The van der Waals surface area contributed by atoms with Crippen molar-refractivity contribution in [3.63, 3.8) is 0 Å². The number of hydrogen-bond acceptors (Lipinski definition) is 3. The molecule has 1 fully saturated rings. The minimum absolute atomic E-state index is 0.0101. The first kappa shape index (κ1) is 12.1. The third-order valence-electron chi connectivity index (χ3n) is 3.35. The number of carbonyl (C=O) groups excluding carboxylic acids is 1. The minimum Gasteiger partial charge on any atom is -0.493 e. The van der Waals surface area contributed by atoms with Crippen molar-refractivity contribution < 1.29 is 9.53 Å². The van der Waals surface area contributed by atoms with Gasteiger partial charge in [0, 0.05) is 0 Å². The first-order chi connectivity index (χ1) is 8.07. The lowest BCUT2D eigenvalue weighted by Crippen LogP contribution is -2.47. The molecule has 0 aromatic heterocycles. The summed E-state index contributed by atoms with van der Waals surface area (Å²) in [6.45, 7) is 4.29. The molecule has 2 N–H and O–H groups in total. The number of nitrogens with two attached hydrogens (primary N) is 1. The van der Waals surface area contributed by atoms with E-state index in [9.17, 15) is 4.79 Å². The smallest absolute Gasteiger partial charge is 0.186 e. The van der Waals surface area contributed by atoms with E-state index in [4.69, 9.17) is 10.5 Å². The van der Waals surface area contributed by atoms with Gasteiger partial charge in [-0.05, 0) is 44.7 Å². The average Bonchev–Trinajstić information content (AvgIpc) is 3.13. The molecular formula is C14H19NO2. The van der Waals surface area contributed by atoms with Crippen molar-refractivity contribution >= 4 is 5.78 Å². The van der Waals surface area contributed by atoms with Gasteiger partial charge in [0.2, 0.25) is 0 Å². The molecule has 0 spiro atoms. The Morgan fingerprint density at radius 1 is 1.47 bits per heavy atom. The molecule has 0 bridgehead atoms. The molecular weight excluding hydrogens is 214 g/mol. The van der Waals surface area contributed by atoms with Gasteiger partial charge in [0.15, 0.2) is 5.78 Å². The number of rotatable bonds is 5. The second-order valence-corrected chi connectivity index (χ2v) is 4.82. The van der Waals surface area contributed by atoms with Crippen molar-refractivity contribution in [2.45, 2.75) is 32.2 Å². The molecule has 0 heterocycles. The minimum atomic E-state index is -0.757. The lowest BCUT2D eigenvalue weighted by atomic mass is 9.87. The van der Waals surface area contributed by atoms with Gasteiger partial charge in [0.05, 0.1) is 17.7 Å². The summed E-state index contributed by atoms with van der Waals surface area (Å²) in [5.74, 6) is 0.950. The maximum atomic E-state index is 12.4. The van der Waals surface area contributed by atoms with Gasteiger partial charge in [-0.2, -0.15) is 0 Å². The molecule has 1 unspecified atom stereocenters. The van der Waals surface area contributed by atoms with E-state index in [0.29, 0.717) is 23.8 Å². The SMILES string of the molecule is CCOc1ccccc1C(=O)C(C)(N)C1CC1. The zero-order valence-electron chi connectivity index (χ0n) is 10.4. The van der Waals surface area contributed by atoms with E-state index >= 15 is 0 Å². The molecule has 0 aliphatic heterocycles. The van der Waals surface area contributed by atoms with Crippen LogP contribution in [-0.4, -0.2) is 17.9 Å². The van der Waals surface area contributed by atoms with Crippen LogP contribution in [0.5, 0.6) is 5.75 Å². The second kappa shape index (κ2) is 4.49. The molecule has 1 saturated carbocycles. The predicted octanol–water partition coefficient (Wildman–Crippen LogP) is 2.40. The standard InChI is InChI=1S/C14H19NO2/c1-3-17-12-7-5-4-6-11(12)13(16)14(2,15)10-8-9-10/h4-7,10H,3,8-9,15H2,1-2H3. The van der Waals surface area contributed by atoms with E-state index in [1.807, 2.05) is 32.0 Å². The third kappa shape index (κ3) is 2.34. The number of carbonyl (C=O) groups is 1. The zero-order chi connectivity index (χ0) is 12.5. The van der Waals surface area contributed by atoms with Gasteiger partial charge < -0.3 is 10.5 Å². The predicted molar refractivity (Wildman–Crippen MR) is 67.3 cm³/mol. The Bertz CT molecular complexity index is 422. The quantitative estimate of drug-likeness (QED) is 0.794. The first-order valence-corrected chi connectivity index (χ1v) is 6.13. The maximum Gasteiger partial charge on any atom is 0.186 e. The van der Waals surface area contributed by atoms with Crippen molar-refractivity contribution in [1.29, 1.82) is 0 Å². The van der Waals surface area contributed by atoms with Crippen molar-refractivity contribution in [1.82, 2.24) is 0 Å². The van der Waals surface area contributed by atoms with Crippen LogP contribution >= 0.6 is 0 Å². The van der Waals surface area contributed by atoms with Gasteiger partial charge in [-0.25, -0.2) is 0 Å². The van der Waals surface area contributed by atoms with Crippen LogP contribution in [-0.2, 0) is 0 Å². The normalized spacial score (nSPS) is 18.5. The summed E-state index contributed by atoms with van der Waals surface area (Å²) >= 11 is 0. The lowest BCUT2D eigenvalue weighted by Gasteiger charge is -2.23. The molecule has 17 heavy (non-hydrogen) atoms. The summed E-state index contributed by atoms with van der Waals surface area (Å²) in [7, 11) is 0. The van der Waals surface area contributed by atoms with Crippen LogP contribution < -0.4 is 10.5 Å². The monoisotopic (exact) mass is 233 g/mol. The van der Waals surface area contributed by atoms with Gasteiger partial charge in [-0.3, -0.25) is 4.79 Å². The summed E-state index contributed by atoms with van der Waals surface area (Å²) in [6.07, 6.45) is 2.10.